The first-order valence-corrected chi connectivity index (χ1v) is 16.2. The van der Waals surface area contributed by atoms with Crippen LogP contribution < -0.4 is 9.62 Å². The summed E-state index contributed by atoms with van der Waals surface area (Å²) >= 11 is 0. The molecular formula is C34H45N3O4S. The summed E-state index contributed by atoms with van der Waals surface area (Å²) in [7, 11) is -3.58. The summed E-state index contributed by atoms with van der Waals surface area (Å²) in [6.07, 6.45) is 1.95. The second-order valence-corrected chi connectivity index (χ2v) is 14.1. The van der Waals surface area contributed by atoms with Crippen LogP contribution in [0.4, 0.5) is 5.69 Å². The lowest BCUT2D eigenvalue weighted by Gasteiger charge is -2.34. The zero-order chi connectivity index (χ0) is 31.1. The van der Waals surface area contributed by atoms with E-state index >= 15 is 0 Å². The quantitative estimate of drug-likeness (QED) is 0.292. The molecule has 0 unspecified atom stereocenters. The zero-order valence-corrected chi connectivity index (χ0v) is 26.8. The predicted octanol–water partition coefficient (Wildman–Crippen LogP) is 5.71. The van der Waals surface area contributed by atoms with Crippen molar-refractivity contribution in [3.05, 3.63) is 101 Å². The average molecular weight is 592 g/mol. The van der Waals surface area contributed by atoms with E-state index < -0.39 is 21.6 Å². The Hall–Kier alpha value is -3.65. The SMILES string of the molecule is Cc1cccc(CN(C(=O)CCCN(c2cc(C)ccc2C)S(C)(=O)=O)[C@H](Cc2ccccc2)C(=O)NC(C)(C)C)c1. The van der Waals surface area contributed by atoms with E-state index in [1.165, 1.54) is 10.6 Å². The van der Waals surface area contributed by atoms with Crippen molar-refractivity contribution in [2.24, 2.45) is 0 Å². The maximum atomic E-state index is 14.0. The normalized spacial score (nSPS) is 12.5. The average Bonchev–Trinajstić information content (AvgIpc) is 2.89. The number of nitrogens with one attached hydrogen (secondary N) is 1. The molecule has 8 heteroatoms. The largest absolute Gasteiger partial charge is 0.350 e. The number of aryl methyl sites for hydroxylation is 3. The number of hydrogen-bond donors (Lipinski definition) is 1. The van der Waals surface area contributed by atoms with Crippen molar-refractivity contribution in [2.45, 2.75) is 78.9 Å². The van der Waals surface area contributed by atoms with Gasteiger partial charge in [-0.2, -0.15) is 0 Å². The Labute approximate surface area is 252 Å². The molecule has 0 spiro atoms. The Morgan fingerprint density at radius 2 is 1.50 bits per heavy atom. The van der Waals surface area contributed by atoms with Gasteiger partial charge in [0.2, 0.25) is 21.8 Å². The summed E-state index contributed by atoms with van der Waals surface area (Å²) in [5.74, 6) is -0.420. The fourth-order valence-electron chi connectivity index (χ4n) is 4.98. The lowest BCUT2D eigenvalue weighted by Crippen LogP contribution is -2.54. The molecule has 0 aromatic heterocycles. The second-order valence-electron chi connectivity index (χ2n) is 12.2. The van der Waals surface area contributed by atoms with Gasteiger partial charge in [0, 0.05) is 31.5 Å². The van der Waals surface area contributed by atoms with Crippen molar-refractivity contribution in [1.29, 1.82) is 0 Å². The van der Waals surface area contributed by atoms with Crippen LogP contribution in [0.25, 0.3) is 0 Å². The van der Waals surface area contributed by atoms with E-state index in [0.717, 1.165) is 27.8 Å². The van der Waals surface area contributed by atoms with Crippen LogP contribution in [-0.2, 0) is 32.6 Å². The van der Waals surface area contributed by atoms with Gasteiger partial charge < -0.3 is 10.2 Å². The lowest BCUT2D eigenvalue weighted by atomic mass is 10.00. The minimum Gasteiger partial charge on any atom is -0.350 e. The highest BCUT2D eigenvalue weighted by atomic mass is 32.2. The Morgan fingerprint density at radius 3 is 2.12 bits per heavy atom. The number of nitrogens with zero attached hydrogens (tertiary/aromatic N) is 2. The summed E-state index contributed by atoms with van der Waals surface area (Å²) < 4.78 is 27.0. The van der Waals surface area contributed by atoms with Crippen molar-refractivity contribution in [3.8, 4) is 0 Å². The zero-order valence-electron chi connectivity index (χ0n) is 26.0. The Kier molecular flexibility index (Phi) is 11.0. The standard InChI is InChI=1S/C34H45N3O4S/c1-25-13-11-16-29(21-25)24-36(31(33(39)35-34(4,5)6)23-28-14-9-8-10-15-28)32(38)17-12-20-37(42(7,40)41)30-22-26(2)18-19-27(30)3/h8-11,13-16,18-19,21-22,31H,12,17,20,23-24H2,1-7H3,(H,35,39)/t31-/m1/s1. The molecule has 0 heterocycles. The van der Waals surface area contributed by atoms with Gasteiger partial charge in [-0.15, -0.1) is 0 Å². The van der Waals surface area contributed by atoms with Gasteiger partial charge in [-0.3, -0.25) is 13.9 Å². The van der Waals surface area contributed by atoms with Crippen molar-refractivity contribution < 1.29 is 18.0 Å². The van der Waals surface area contributed by atoms with Gasteiger partial charge in [0.15, 0.2) is 0 Å². The highest BCUT2D eigenvalue weighted by Gasteiger charge is 2.32. The summed E-state index contributed by atoms with van der Waals surface area (Å²) in [6.45, 7) is 12.0. The van der Waals surface area contributed by atoms with Crippen LogP contribution in [0.3, 0.4) is 0 Å². The van der Waals surface area contributed by atoms with Gasteiger partial charge in [-0.1, -0.05) is 72.3 Å². The van der Waals surface area contributed by atoms with Crippen LogP contribution in [0.15, 0.2) is 72.8 Å². The fraction of sp³-hybridized carbons (Fsp3) is 0.412. The van der Waals surface area contributed by atoms with E-state index in [-0.39, 0.29) is 31.3 Å². The number of sulfonamides is 1. The summed E-state index contributed by atoms with van der Waals surface area (Å²) in [6, 6.07) is 22.6. The van der Waals surface area contributed by atoms with E-state index in [1.54, 1.807) is 4.90 Å². The molecule has 1 atom stereocenters. The van der Waals surface area contributed by atoms with E-state index in [0.29, 0.717) is 18.5 Å². The van der Waals surface area contributed by atoms with Crippen molar-refractivity contribution in [1.82, 2.24) is 10.2 Å². The third-order valence-corrected chi connectivity index (χ3v) is 8.17. The van der Waals surface area contributed by atoms with Crippen LogP contribution in [0.5, 0.6) is 0 Å². The molecule has 226 valence electrons. The highest BCUT2D eigenvalue weighted by Crippen LogP contribution is 2.25. The Balaban J connectivity index is 1.92. The molecule has 3 aromatic rings. The van der Waals surface area contributed by atoms with Crippen LogP contribution in [0, 0.1) is 20.8 Å². The van der Waals surface area contributed by atoms with E-state index in [4.69, 9.17) is 0 Å². The number of carbonyl (C=O) groups is 2. The smallest absolute Gasteiger partial charge is 0.243 e. The summed E-state index contributed by atoms with van der Waals surface area (Å²) in [5, 5.41) is 3.08. The third-order valence-electron chi connectivity index (χ3n) is 6.99. The first kappa shape index (κ1) is 32.9. The van der Waals surface area contributed by atoms with Crippen molar-refractivity contribution >= 4 is 27.5 Å². The third kappa shape index (κ3) is 9.72. The second kappa shape index (κ2) is 14.0. The van der Waals surface area contributed by atoms with Gasteiger partial charge in [0.05, 0.1) is 11.9 Å². The minimum absolute atomic E-state index is 0.0940. The number of amides is 2. The van der Waals surface area contributed by atoms with Gasteiger partial charge in [-0.25, -0.2) is 8.42 Å². The fourth-order valence-corrected chi connectivity index (χ4v) is 6.00. The van der Waals surface area contributed by atoms with E-state index in [2.05, 4.69) is 5.32 Å². The molecule has 1 N–H and O–H groups in total. The highest BCUT2D eigenvalue weighted by molar-refractivity contribution is 7.92. The van der Waals surface area contributed by atoms with Gasteiger partial charge in [0.1, 0.15) is 6.04 Å². The first-order valence-electron chi connectivity index (χ1n) is 14.4. The predicted molar refractivity (Wildman–Crippen MR) is 171 cm³/mol. The molecule has 0 saturated heterocycles. The molecule has 0 aliphatic carbocycles. The summed E-state index contributed by atoms with van der Waals surface area (Å²) in [4.78, 5) is 29.4. The molecule has 0 bridgehead atoms. The van der Waals surface area contributed by atoms with Gasteiger partial charge >= 0.3 is 0 Å². The van der Waals surface area contributed by atoms with Crippen LogP contribution >= 0.6 is 0 Å². The maximum Gasteiger partial charge on any atom is 0.243 e. The van der Waals surface area contributed by atoms with Crippen LogP contribution in [0.2, 0.25) is 0 Å². The number of anilines is 1. The van der Waals surface area contributed by atoms with E-state index in [9.17, 15) is 18.0 Å². The Bertz CT molecular complexity index is 1480. The number of rotatable bonds is 12. The molecule has 7 nitrogen and oxygen atoms in total. The molecule has 2 amide bonds. The number of carbonyl (C=O) groups excluding carboxylic acids is 2. The molecule has 42 heavy (non-hydrogen) atoms. The van der Waals surface area contributed by atoms with Crippen molar-refractivity contribution in [3.63, 3.8) is 0 Å². The number of benzene rings is 3. The van der Waals surface area contributed by atoms with Gasteiger partial charge in [0.25, 0.3) is 0 Å². The molecule has 3 aromatic carbocycles. The molecule has 0 aliphatic heterocycles. The molecular weight excluding hydrogens is 546 g/mol. The van der Waals surface area contributed by atoms with Crippen molar-refractivity contribution in [2.75, 3.05) is 17.1 Å². The van der Waals surface area contributed by atoms with Crippen LogP contribution in [0.1, 0.15) is 61.4 Å². The van der Waals surface area contributed by atoms with E-state index in [1.807, 2.05) is 114 Å². The Morgan fingerprint density at radius 1 is 0.857 bits per heavy atom. The van der Waals surface area contributed by atoms with Gasteiger partial charge in [-0.05, 0) is 76.3 Å². The lowest BCUT2D eigenvalue weighted by molar-refractivity contribution is -0.142. The minimum atomic E-state index is -3.58. The van der Waals surface area contributed by atoms with Crippen LogP contribution in [-0.4, -0.2) is 49.5 Å². The molecule has 0 fully saturated rings. The molecule has 0 radical (unpaired) electrons. The molecule has 0 aliphatic rings. The number of hydrogen-bond acceptors (Lipinski definition) is 4. The maximum absolute atomic E-state index is 14.0. The summed E-state index contributed by atoms with van der Waals surface area (Å²) in [5.41, 5.74) is 4.89. The topological polar surface area (TPSA) is 86.8 Å². The first-order chi connectivity index (χ1) is 19.6. The monoisotopic (exact) mass is 591 g/mol. The molecule has 0 saturated carbocycles. The molecule has 3 rings (SSSR count).